The average molecular weight is 140 g/mol. The number of hydrogen-bond acceptors (Lipinski definition) is 3. The molecule has 2 saturated heterocycles. The van der Waals surface area contributed by atoms with E-state index in [-0.39, 0.29) is 6.04 Å². The minimum absolute atomic E-state index is 0.194. The van der Waals surface area contributed by atoms with E-state index in [9.17, 15) is 4.79 Å². The number of carbonyl (C=O) groups excluding carboxylic acids is 1. The molecule has 0 radical (unpaired) electrons. The lowest BCUT2D eigenvalue weighted by atomic mass is 10.1. The van der Waals surface area contributed by atoms with E-state index in [1.807, 2.05) is 7.05 Å². The predicted molar refractivity (Wildman–Crippen MR) is 37.8 cm³/mol. The van der Waals surface area contributed by atoms with E-state index in [1.165, 1.54) is 0 Å². The van der Waals surface area contributed by atoms with Gasteiger partial charge >= 0.3 is 0 Å². The molecule has 0 aromatic rings. The van der Waals surface area contributed by atoms with Gasteiger partial charge in [-0.3, -0.25) is 9.69 Å². The van der Waals surface area contributed by atoms with Crippen LogP contribution in [-0.4, -0.2) is 42.9 Å². The van der Waals surface area contributed by atoms with Gasteiger partial charge < -0.3 is 5.32 Å². The highest BCUT2D eigenvalue weighted by Crippen LogP contribution is 2.20. The lowest BCUT2D eigenvalue weighted by molar-refractivity contribution is -0.119. The molecule has 0 aliphatic carbocycles. The van der Waals surface area contributed by atoms with Crippen molar-refractivity contribution < 1.29 is 4.79 Å². The topological polar surface area (TPSA) is 32.3 Å². The molecular weight excluding hydrogens is 128 g/mol. The lowest BCUT2D eigenvalue weighted by Gasteiger charge is -2.14. The minimum Gasteiger partial charge on any atom is -0.305 e. The summed E-state index contributed by atoms with van der Waals surface area (Å²) in [7, 11) is 2.02. The van der Waals surface area contributed by atoms with Crippen LogP contribution in [0.3, 0.4) is 0 Å². The van der Waals surface area contributed by atoms with Crippen molar-refractivity contribution in [2.24, 2.45) is 0 Å². The van der Waals surface area contributed by atoms with Gasteiger partial charge in [0.2, 0.25) is 0 Å². The maximum Gasteiger partial charge on any atom is 0.165 e. The largest absolute Gasteiger partial charge is 0.305 e. The van der Waals surface area contributed by atoms with E-state index >= 15 is 0 Å². The van der Waals surface area contributed by atoms with Crippen molar-refractivity contribution in [1.29, 1.82) is 0 Å². The molecule has 2 fully saturated rings. The third kappa shape index (κ3) is 0.707. The van der Waals surface area contributed by atoms with Crippen LogP contribution in [0.4, 0.5) is 0 Å². The molecule has 0 aromatic carbocycles. The van der Waals surface area contributed by atoms with Crippen molar-refractivity contribution in [3.05, 3.63) is 0 Å². The lowest BCUT2D eigenvalue weighted by Crippen LogP contribution is -2.35. The summed E-state index contributed by atoms with van der Waals surface area (Å²) in [6.45, 7) is 1.65. The number of nitrogens with one attached hydrogen (secondary N) is 1. The molecule has 3 heteroatoms. The van der Waals surface area contributed by atoms with E-state index in [4.69, 9.17) is 0 Å². The van der Waals surface area contributed by atoms with Crippen LogP contribution in [0.5, 0.6) is 0 Å². The highest BCUT2D eigenvalue weighted by Gasteiger charge is 2.41. The van der Waals surface area contributed by atoms with Crippen LogP contribution in [0.25, 0.3) is 0 Å². The first-order valence-corrected chi connectivity index (χ1v) is 3.75. The summed E-state index contributed by atoms with van der Waals surface area (Å²) in [5, 5.41) is 3.21. The van der Waals surface area contributed by atoms with Crippen LogP contribution in [0.2, 0.25) is 0 Å². The highest BCUT2D eigenvalue weighted by atomic mass is 16.1. The summed E-state index contributed by atoms with van der Waals surface area (Å²) >= 11 is 0. The number of likely N-dealkylation sites (N-methyl/N-ethyl adjacent to an activating group) is 1. The standard InChI is InChI=1S/C7H12N2O/c1-9-3-2-5-7(9)6(10)4-8-5/h5,7-8H,2-4H2,1H3. The van der Waals surface area contributed by atoms with Crippen LogP contribution in [0, 0.1) is 0 Å². The number of nitrogens with zero attached hydrogens (tertiary/aromatic N) is 1. The monoisotopic (exact) mass is 140 g/mol. The van der Waals surface area contributed by atoms with Gasteiger partial charge in [-0.05, 0) is 13.5 Å². The van der Waals surface area contributed by atoms with Crippen molar-refractivity contribution >= 4 is 5.78 Å². The Bertz CT molecular complexity index is 169. The number of ketones is 1. The van der Waals surface area contributed by atoms with Crippen molar-refractivity contribution in [2.45, 2.75) is 18.5 Å². The quantitative estimate of drug-likeness (QED) is 0.479. The molecule has 1 N–H and O–H groups in total. The number of likely N-dealkylation sites (tertiary alicyclic amines) is 1. The Morgan fingerprint density at radius 3 is 3.20 bits per heavy atom. The van der Waals surface area contributed by atoms with Gasteiger partial charge in [0.1, 0.15) is 0 Å². The first-order valence-electron chi connectivity index (χ1n) is 3.75. The molecule has 2 aliphatic heterocycles. The molecule has 0 saturated carbocycles. The number of carbonyl (C=O) groups is 1. The van der Waals surface area contributed by atoms with E-state index in [1.54, 1.807) is 0 Å². The Kier molecular flexibility index (Phi) is 1.28. The SMILES string of the molecule is CN1CCC2NCC(=O)C21. The fraction of sp³-hybridized carbons (Fsp3) is 0.857. The molecule has 2 rings (SSSR count). The minimum atomic E-state index is 0.194. The number of fused-ring (bicyclic) bond motifs is 1. The zero-order chi connectivity index (χ0) is 7.14. The molecule has 56 valence electrons. The smallest absolute Gasteiger partial charge is 0.165 e. The van der Waals surface area contributed by atoms with Gasteiger partial charge in [0.15, 0.2) is 5.78 Å². The van der Waals surface area contributed by atoms with Crippen molar-refractivity contribution in [1.82, 2.24) is 10.2 Å². The maximum absolute atomic E-state index is 11.2. The highest BCUT2D eigenvalue weighted by molar-refractivity contribution is 5.89. The van der Waals surface area contributed by atoms with Crippen LogP contribution < -0.4 is 5.32 Å². The predicted octanol–water partition coefficient (Wildman–Crippen LogP) is -0.769. The normalized spacial score (nSPS) is 40.7. The number of hydrogen-bond donors (Lipinski definition) is 1. The van der Waals surface area contributed by atoms with Crippen LogP contribution in [0.15, 0.2) is 0 Å². The number of rotatable bonds is 0. The molecule has 2 atom stereocenters. The Balaban J connectivity index is 2.19. The first-order chi connectivity index (χ1) is 4.79. The Hall–Kier alpha value is -0.410. The van der Waals surface area contributed by atoms with Gasteiger partial charge in [-0.15, -0.1) is 0 Å². The summed E-state index contributed by atoms with van der Waals surface area (Å²) in [6.07, 6.45) is 1.13. The van der Waals surface area contributed by atoms with Gasteiger partial charge in [0.25, 0.3) is 0 Å². The van der Waals surface area contributed by atoms with E-state index in [0.29, 0.717) is 18.4 Å². The summed E-state index contributed by atoms with van der Waals surface area (Å²) in [6, 6.07) is 0.650. The fourth-order valence-electron chi connectivity index (χ4n) is 1.97. The summed E-state index contributed by atoms with van der Waals surface area (Å²) < 4.78 is 0. The van der Waals surface area contributed by atoms with Gasteiger partial charge in [-0.2, -0.15) is 0 Å². The van der Waals surface area contributed by atoms with E-state index < -0.39 is 0 Å². The van der Waals surface area contributed by atoms with E-state index in [0.717, 1.165) is 13.0 Å². The molecule has 0 aromatic heterocycles. The van der Waals surface area contributed by atoms with Gasteiger partial charge in [-0.1, -0.05) is 0 Å². The molecule has 0 bridgehead atoms. The van der Waals surface area contributed by atoms with Crippen molar-refractivity contribution in [3.8, 4) is 0 Å². The summed E-state index contributed by atoms with van der Waals surface area (Å²) in [4.78, 5) is 13.3. The van der Waals surface area contributed by atoms with Gasteiger partial charge in [0.05, 0.1) is 12.6 Å². The Morgan fingerprint density at radius 2 is 2.50 bits per heavy atom. The zero-order valence-corrected chi connectivity index (χ0v) is 6.13. The zero-order valence-electron chi connectivity index (χ0n) is 6.13. The average Bonchev–Trinajstić information content (AvgIpc) is 2.40. The third-order valence-electron chi connectivity index (χ3n) is 2.52. The number of Topliss-reactive ketones (excluding diaryl/α,β-unsaturated/α-hetero) is 1. The molecule has 2 aliphatic rings. The van der Waals surface area contributed by atoms with E-state index in [2.05, 4.69) is 10.2 Å². The van der Waals surface area contributed by atoms with Crippen molar-refractivity contribution in [2.75, 3.05) is 20.1 Å². The van der Waals surface area contributed by atoms with Crippen LogP contribution >= 0.6 is 0 Å². The van der Waals surface area contributed by atoms with Crippen LogP contribution in [0.1, 0.15) is 6.42 Å². The summed E-state index contributed by atoms with van der Waals surface area (Å²) in [5.41, 5.74) is 0. The van der Waals surface area contributed by atoms with Crippen LogP contribution in [-0.2, 0) is 4.79 Å². The molecule has 10 heavy (non-hydrogen) atoms. The molecule has 2 heterocycles. The second-order valence-electron chi connectivity index (χ2n) is 3.17. The first kappa shape index (κ1) is 6.31. The van der Waals surface area contributed by atoms with Gasteiger partial charge in [0, 0.05) is 12.6 Å². The Morgan fingerprint density at radius 1 is 1.70 bits per heavy atom. The molecule has 3 nitrogen and oxygen atoms in total. The third-order valence-corrected chi connectivity index (χ3v) is 2.52. The van der Waals surface area contributed by atoms with Crippen molar-refractivity contribution in [3.63, 3.8) is 0 Å². The Labute approximate surface area is 60.4 Å². The van der Waals surface area contributed by atoms with Gasteiger partial charge in [-0.25, -0.2) is 0 Å². The molecule has 2 unspecified atom stereocenters. The molecule has 0 spiro atoms. The summed E-state index contributed by atoms with van der Waals surface area (Å²) in [5.74, 6) is 0.366. The second-order valence-corrected chi connectivity index (χ2v) is 3.17. The fourth-order valence-corrected chi connectivity index (χ4v) is 1.97. The second kappa shape index (κ2) is 2.04. The molecule has 0 amide bonds. The maximum atomic E-state index is 11.2. The molecular formula is C7H12N2O.